The average molecular weight is 842 g/mol. The topological polar surface area (TPSA) is 502 Å². The van der Waals surface area contributed by atoms with Crippen LogP contribution in [0.25, 0.3) is 43.6 Å². The molecule has 21 nitrogen and oxygen atoms in total. The SMILES string of the molecule is O.O.O.O.O.O.O.O.O.O.O=P([O-])([O-])OP(=O)([O-])[O-].[Cu+2].[Cu+2].c1cnc2c(c1)ccc1cccnc12.c1cnc2c(c1)ccc1cccnc12. The van der Waals surface area contributed by atoms with Crippen molar-refractivity contribution in [2.75, 3.05) is 0 Å². The summed E-state index contributed by atoms with van der Waals surface area (Å²) < 4.78 is 21.2. The number of pyridine rings is 4. The van der Waals surface area contributed by atoms with E-state index in [9.17, 15) is 28.7 Å². The van der Waals surface area contributed by atoms with Gasteiger partial charge in [0.15, 0.2) is 0 Å². The van der Waals surface area contributed by atoms with Crippen LogP contribution < -0.4 is 19.6 Å². The Morgan fingerprint density at radius 2 is 0.571 bits per heavy atom. The van der Waals surface area contributed by atoms with Crippen LogP contribution in [0.1, 0.15) is 0 Å². The number of rotatable bonds is 2. The number of benzene rings is 2. The van der Waals surface area contributed by atoms with Crippen molar-refractivity contribution in [2.24, 2.45) is 0 Å². The number of nitrogens with zero attached hydrogens (tertiary/aromatic N) is 4. The van der Waals surface area contributed by atoms with Gasteiger partial charge in [0, 0.05) is 46.3 Å². The summed E-state index contributed by atoms with van der Waals surface area (Å²) in [6.45, 7) is 0. The largest absolute Gasteiger partial charge is 2.00 e. The Bertz CT molecular complexity index is 1580. The van der Waals surface area contributed by atoms with E-state index in [1.165, 1.54) is 0 Å². The number of fused-ring (bicyclic) bond motifs is 6. The fraction of sp³-hybridized carbons (Fsp3) is 0. The van der Waals surface area contributed by atoms with Crippen molar-refractivity contribution in [3.63, 3.8) is 0 Å². The molecule has 4 aromatic heterocycles. The standard InChI is InChI=1S/2C12H8N2.2Cu.H4O7P2.10H2O/c2*1-3-9-5-6-10-4-2-8-14-12(10)11(9)13-7-1;;;1-8(2,3)7-9(4,5)6;;;;;;;;;;/h2*1-8H;;;(H2,1,2,3)(H2,4,5,6);10*1H2/q;;2*+2;;;;;;;;;;;/p-4. The summed E-state index contributed by atoms with van der Waals surface area (Å²) in [5.41, 5.74) is 3.91. The van der Waals surface area contributed by atoms with Gasteiger partial charge in [-0.1, -0.05) is 48.5 Å². The molecule has 0 atom stereocenters. The Morgan fingerprint density at radius 3 is 0.714 bits per heavy atom. The molecular formula is C24H36Cu2N4O17P2. The van der Waals surface area contributed by atoms with Crippen LogP contribution >= 0.6 is 15.6 Å². The van der Waals surface area contributed by atoms with Crippen molar-refractivity contribution in [3.05, 3.63) is 97.6 Å². The van der Waals surface area contributed by atoms with Gasteiger partial charge in [0.05, 0.1) is 37.7 Å². The molecule has 4 heterocycles. The van der Waals surface area contributed by atoms with Gasteiger partial charge in [-0.15, -0.1) is 0 Å². The molecule has 0 fully saturated rings. The third-order valence-corrected chi connectivity index (χ3v) is 6.49. The normalized spacial score (nSPS) is 8.73. The van der Waals surface area contributed by atoms with Gasteiger partial charge in [-0.2, -0.15) is 0 Å². The van der Waals surface area contributed by atoms with Gasteiger partial charge in [-0.3, -0.25) is 19.9 Å². The molecule has 49 heavy (non-hydrogen) atoms. The summed E-state index contributed by atoms with van der Waals surface area (Å²) in [5, 5.41) is 4.55. The molecule has 0 saturated carbocycles. The van der Waals surface area contributed by atoms with E-state index in [1.807, 2.05) is 24.3 Å². The number of phosphoric acid groups is 2. The summed E-state index contributed by atoms with van der Waals surface area (Å²) >= 11 is 0. The van der Waals surface area contributed by atoms with E-state index in [0.29, 0.717) is 0 Å². The van der Waals surface area contributed by atoms with Gasteiger partial charge in [-0.05, 0) is 24.3 Å². The summed E-state index contributed by atoms with van der Waals surface area (Å²) in [5.74, 6) is 0. The molecule has 0 aliphatic heterocycles. The van der Waals surface area contributed by atoms with Crippen LogP contribution in [0, 0.1) is 0 Å². The van der Waals surface area contributed by atoms with Crippen molar-refractivity contribution in [3.8, 4) is 0 Å². The van der Waals surface area contributed by atoms with E-state index in [0.717, 1.165) is 43.6 Å². The second-order valence-electron chi connectivity index (χ2n) is 7.41. The summed E-state index contributed by atoms with van der Waals surface area (Å²) in [6.07, 6.45) is 7.21. The first-order chi connectivity index (χ1) is 17.6. The first-order valence-electron chi connectivity index (χ1n) is 10.5. The van der Waals surface area contributed by atoms with Crippen LogP contribution in [-0.2, 0) is 47.6 Å². The zero-order chi connectivity index (χ0) is 26.5. The molecule has 6 rings (SSSR count). The molecule has 2 aromatic carbocycles. The molecular weight excluding hydrogens is 805 g/mol. The van der Waals surface area contributed by atoms with Gasteiger partial charge in [0.1, 0.15) is 0 Å². The zero-order valence-corrected chi connectivity index (χ0v) is 28.1. The fourth-order valence-electron chi connectivity index (χ4n) is 3.48. The Labute approximate surface area is 297 Å². The molecule has 25 heteroatoms. The molecule has 20 N–H and O–H groups in total. The summed E-state index contributed by atoms with van der Waals surface area (Å²) in [7, 11) is -11.4. The van der Waals surface area contributed by atoms with Crippen LogP contribution in [0.5, 0.6) is 0 Å². The predicted octanol–water partition coefficient (Wildman–Crippen LogP) is -6.03. The van der Waals surface area contributed by atoms with Gasteiger partial charge in [-0.25, -0.2) is 0 Å². The van der Waals surface area contributed by atoms with Crippen molar-refractivity contribution in [1.29, 1.82) is 0 Å². The van der Waals surface area contributed by atoms with E-state index in [4.69, 9.17) is 0 Å². The first kappa shape index (κ1) is 68.0. The summed E-state index contributed by atoms with van der Waals surface area (Å²) in [4.78, 5) is 54.7. The Balaban J connectivity index is -0.0000000637. The molecule has 0 saturated heterocycles. The molecule has 0 aliphatic rings. The zero-order valence-electron chi connectivity index (χ0n) is 24.4. The number of hydrogen-bond acceptors (Lipinski definition) is 11. The maximum absolute atomic E-state index is 9.32. The number of hydrogen-bond donors (Lipinski definition) is 0. The van der Waals surface area contributed by atoms with Crippen molar-refractivity contribution >= 4 is 59.3 Å². The van der Waals surface area contributed by atoms with E-state index >= 15 is 0 Å². The molecule has 2 radical (unpaired) electrons. The molecule has 0 spiro atoms. The van der Waals surface area contributed by atoms with Crippen molar-refractivity contribution in [2.45, 2.75) is 0 Å². The molecule has 0 amide bonds. The Morgan fingerprint density at radius 1 is 0.388 bits per heavy atom. The van der Waals surface area contributed by atoms with Crippen LogP contribution in [0.4, 0.5) is 0 Å². The van der Waals surface area contributed by atoms with Crippen LogP contribution in [0.3, 0.4) is 0 Å². The first-order valence-corrected chi connectivity index (χ1v) is 13.5. The smallest absolute Gasteiger partial charge is 0.790 e. The van der Waals surface area contributed by atoms with Crippen molar-refractivity contribution < 1.29 is 122 Å². The minimum absolute atomic E-state index is 0. The maximum Gasteiger partial charge on any atom is 2.00 e. The van der Waals surface area contributed by atoms with Gasteiger partial charge >= 0.3 is 34.1 Å². The minimum atomic E-state index is -5.68. The summed E-state index contributed by atoms with van der Waals surface area (Å²) in [6, 6.07) is 24.3. The molecule has 0 unspecified atom stereocenters. The quantitative estimate of drug-likeness (QED) is 0.0897. The molecule has 6 aromatic rings. The van der Waals surface area contributed by atoms with Crippen LogP contribution in [-0.4, -0.2) is 74.7 Å². The monoisotopic (exact) mass is 840 g/mol. The third kappa shape index (κ3) is 19.7. The van der Waals surface area contributed by atoms with E-state index in [-0.39, 0.29) is 88.9 Å². The van der Waals surface area contributed by atoms with Gasteiger partial charge < -0.3 is 87.8 Å². The van der Waals surface area contributed by atoms with Crippen LogP contribution in [0.2, 0.25) is 0 Å². The second-order valence-corrected chi connectivity index (χ2v) is 9.85. The van der Waals surface area contributed by atoms with E-state index in [2.05, 4.69) is 72.8 Å². The Hall–Kier alpha value is -3.02. The molecule has 286 valence electrons. The predicted molar refractivity (Wildman–Crippen MR) is 167 cm³/mol. The third-order valence-electron chi connectivity index (χ3n) is 4.89. The van der Waals surface area contributed by atoms with E-state index < -0.39 is 15.6 Å². The van der Waals surface area contributed by atoms with Gasteiger partial charge in [0.25, 0.3) is 0 Å². The average Bonchev–Trinajstić information content (AvgIpc) is 2.87. The Kier molecular flexibility index (Phi) is 41.4. The maximum atomic E-state index is 9.32. The van der Waals surface area contributed by atoms with Gasteiger partial charge in [0.2, 0.25) is 0 Å². The molecule has 0 aliphatic carbocycles. The minimum Gasteiger partial charge on any atom is -0.790 e. The van der Waals surface area contributed by atoms with Crippen molar-refractivity contribution in [1.82, 2.24) is 19.9 Å². The van der Waals surface area contributed by atoms with E-state index in [1.54, 1.807) is 24.8 Å². The fourth-order valence-corrected chi connectivity index (χ4v) is 4.46. The molecule has 0 bridgehead atoms. The van der Waals surface area contributed by atoms with Crippen LogP contribution in [0.15, 0.2) is 97.6 Å². The number of aromatic nitrogens is 4. The second kappa shape index (κ2) is 29.9.